The smallest absolute Gasteiger partial charge is 0.347 e. The van der Waals surface area contributed by atoms with Crippen molar-refractivity contribution in [1.29, 1.82) is 0 Å². The van der Waals surface area contributed by atoms with E-state index in [0.29, 0.717) is 16.9 Å². The highest BCUT2D eigenvalue weighted by Gasteiger charge is 2.10. The second-order valence-electron chi connectivity index (χ2n) is 4.47. The Kier molecular flexibility index (Phi) is 4.13. The molecule has 20 heavy (non-hydrogen) atoms. The molecule has 1 aromatic carbocycles. The number of benzene rings is 1. The van der Waals surface area contributed by atoms with Gasteiger partial charge in [0, 0.05) is 30.2 Å². The number of rotatable bonds is 5. The summed E-state index contributed by atoms with van der Waals surface area (Å²) in [6.07, 6.45) is 0. The molecule has 0 saturated heterocycles. The molecule has 0 radical (unpaired) electrons. The van der Waals surface area contributed by atoms with Gasteiger partial charge in [-0.15, -0.1) is 0 Å². The van der Waals surface area contributed by atoms with E-state index in [1.807, 2.05) is 18.2 Å². The van der Waals surface area contributed by atoms with Crippen LogP contribution in [-0.2, 0) is 4.74 Å². The van der Waals surface area contributed by atoms with Crippen LogP contribution in [0.25, 0.3) is 16.7 Å². The Labute approximate surface area is 118 Å². The average Bonchev–Trinajstić information content (AvgIpc) is 2.47. The van der Waals surface area contributed by atoms with Crippen LogP contribution in [0.2, 0.25) is 0 Å². The van der Waals surface area contributed by atoms with Gasteiger partial charge in [0.05, 0.1) is 7.11 Å². The molecule has 0 unspecified atom stereocenters. The Morgan fingerprint density at radius 2 is 2.00 bits per heavy atom. The maximum Gasteiger partial charge on any atom is 0.347 e. The minimum Gasteiger partial charge on any atom is -0.496 e. The molecule has 0 amide bonds. The molecule has 0 aliphatic heterocycles. The summed E-state index contributed by atoms with van der Waals surface area (Å²) in [4.78, 5) is 14.1. The highest BCUT2D eigenvalue weighted by Crippen LogP contribution is 2.23. The van der Waals surface area contributed by atoms with Crippen LogP contribution in [0.4, 0.5) is 5.69 Å². The highest BCUT2D eigenvalue weighted by atomic mass is 16.5. The summed E-state index contributed by atoms with van der Waals surface area (Å²) in [6, 6.07) is 7.61. The summed E-state index contributed by atoms with van der Waals surface area (Å²) in [5.74, 6) is 0.313. The van der Waals surface area contributed by atoms with Gasteiger partial charge in [0.2, 0.25) is 0 Å². The Balaban J connectivity index is 2.55. The molecule has 1 aromatic heterocycles. The second-order valence-corrected chi connectivity index (χ2v) is 4.47. The van der Waals surface area contributed by atoms with E-state index in [1.165, 1.54) is 7.11 Å². The van der Waals surface area contributed by atoms with Gasteiger partial charge < -0.3 is 14.1 Å². The molecule has 2 rings (SSSR count). The SMILES string of the molecule is C=C(OC)c1cc2ccc(N(CC)CC)cc2oc1=O. The van der Waals surface area contributed by atoms with Crippen LogP contribution < -0.4 is 10.5 Å². The van der Waals surface area contributed by atoms with Gasteiger partial charge in [-0.05, 0) is 32.0 Å². The highest BCUT2D eigenvalue weighted by molar-refractivity contribution is 5.83. The van der Waals surface area contributed by atoms with Gasteiger partial charge in [-0.1, -0.05) is 6.58 Å². The maximum absolute atomic E-state index is 11.9. The van der Waals surface area contributed by atoms with E-state index < -0.39 is 5.63 Å². The normalized spacial score (nSPS) is 10.6. The first-order chi connectivity index (χ1) is 9.60. The van der Waals surface area contributed by atoms with Crippen molar-refractivity contribution in [2.24, 2.45) is 0 Å². The molecule has 106 valence electrons. The molecule has 0 bridgehead atoms. The zero-order valence-corrected chi connectivity index (χ0v) is 12.1. The third-order valence-corrected chi connectivity index (χ3v) is 3.39. The monoisotopic (exact) mass is 273 g/mol. The van der Waals surface area contributed by atoms with Crippen LogP contribution in [0.3, 0.4) is 0 Å². The van der Waals surface area contributed by atoms with Crippen molar-refractivity contribution in [1.82, 2.24) is 0 Å². The van der Waals surface area contributed by atoms with Crippen LogP contribution in [0.5, 0.6) is 0 Å². The Hall–Kier alpha value is -2.23. The fourth-order valence-electron chi connectivity index (χ4n) is 2.19. The molecule has 0 fully saturated rings. The first-order valence-electron chi connectivity index (χ1n) is 6.66. The van der Waals surface area contributed by atoms with Crippen molar-refractivity contribution >= 4 is 22.4 Å². The number of hydrogen-bond acceptors (Lipinski definition) is 4. The first-order valence-corrected chi connectivity index (χ1v) is 6.66. The molecular formula is C16H19NO3. The fraction of sp³-hybridized carbons (Fsp3) is 0.312. The number of nitrogens with zero attached hydrogens (tertiary/aromatic N) is 1. The van der Waals surface area contributed by atoms with Gasteiger partial charge in [-0.25, -0.2) is 4.79 Å². The van der Waals surface area contributed by atoms with E-state index in [-0.39, 0.29) is 0 Å². The van der Waals surface area contributed by atoms with Crippen LogP contribution in [0.1, 0.15) is 19.4 Å². The molecular weight excluding hydrogens is 254 g/mol. The third kappa shape index (κ3) is 2.54. The molecule has 0 aliphatic carbocycles. The van der Waals surface area contributed by atoms with Crippen molar-refractivity contribution in [2.75, 3.05) is 25.1 Å². The topological polar surface area (TPSA) is 42.7 Å². The maximum atomic E-state index is 11.9. The summed E-state index contributed by atoms with van der Waals surface area (Å²) >= 11 is 0. The number of fused-ring (bicyclic) bond motifs is 1. The predicted molar refractivity (Wildman–Crippen MR) is 82.1 cm³/mol. The minimum absolute atomic E-state index is 0.313. The molecule has 0 N–H and O–H groups in total. The Morgan fingerprint density at radius 3 is 2.60 bits per heavy atom. The van der Waals surface area contributed by atoms with Crippen molar-refractivity contribution in [2.45, 2.75) is 13.8 Å². The molecule has 4 heteroatoms. The summed E-state index contributed by atoms with van der Waals surface area (Å²) in [7, 11) is 1.48. The van der Waals surface area contributed by atoms with E-state index in [0.717, 1.165) is 24.2 Å². The number of hydrogen-bond donors (Lipinski definition) is 0. The third-order valence-electron chi connectivity index (χ3n) is 3.39. The largest absolute Gasteiger partial charge is 0.496 e. The van der Waals surface area contributed by atoms with Crippen LogP contribution in [-0.4, -0.2) is 20.2 Å². The van der Waals surface area contributed by atoms with E-state index in [9.17, 15) is 4.79 Å². The lowest BCUT2D eigenvalue weighted by molar-refractivity contribution is 0.368. The van der Waals surface area contributed by atoms with Gasteiger partial charge in [0.15, 0.2) is 0 Å². The van der Waals surface area contributed by atoms with Gasteiger partial charge in [0.1, 0.15) is 16.9 Å². The lowest BCUT2D eigenvalue weighted by Gasteiger charge is -2.21. The van der Waals surface area contributed by atoms with Crippen molar-refractivity contribution in [3.63, 3.8) is 0 Å². The van der Waals surface area contributed by atoms with E-state index in [1.54, 1.807) is 6.07 Å². The molecule has 0 spiro atoms. The second kappa shape index (κ2) is 5.82. The predicted octanol–water partition coefficient (Wildman–Crippen LogP) is 3.26. The number of methoxy groups -OCH3 is 1. The van der Waals surface area contributed by atoms with Crippen LogP contribution in [0.15, 0.2) is 40.1 Å². The summed E-state index contributed by atoms with van der Waals surface area (Å²) in [5.41, 5.74) is 1.55. The number of ether oxygens (including phenoxy) is 1. The molecule has 4 nitrogen and oxygen atoms in total. The quantitative estimate of drug-likeness (QED) is 0.619. The molecule has 0 saturated carbocycles. The molecule has 0 atom stereocenters. The Bertz CT molecular complexity index is 684. The lowest BCUT2D eigenvalue weighted by Crippen LogP contribution is -2.21. The molecule has 2 aromatic rings. The standard InChI is InChI=1S/C16H19NO3/c1-5-17(6-2)13-8-7-12-9-14(11(3)19-4)16(18)20-15(12)10-13/h7-10H,3,5-6H2,1-2,4H3. The van der Waals surface area contributed by atoms with E-state index in [4.69, 9.17) is 9.15 Å². The summed E-state index contributed by atoms with van der Waals surface area (Å²) in [6.45, 7) is 9.69. The Morgan fingerprint density at radius 1 is 1.30 bits per heavy atom. The molecule has 1 heterocycles. The van der Waals surface area contributed by atoms with Gasteiger partial charge in [-0.2, -0.15) is 0 Å². The van der Waals surface area contributed by atoms with E-state index >= 15 is 0 Å². The molecule has 0 aliphatic rings. The van der Waals surface area contributed by atoms with Gasteiger partial charge >= 0.3 is 5.63 Å². The average molecular weight is 273 g/mol. The van der Waals surface area contributed by atoms with Gasteiger partial charge in [0.25, 0.3) is 0 Å². The summed E-state index contributed by atoms with van der Waals surface area (Å²) in [5, 5.41) is 0.855. The lowest BCUT2D eigenvalue weighted by atomic mass is 10.1. The van der Waals surface area contributed by atoms with Crippen molar-refractivity contribution in [3.05, 3.63) is 46.8 Å². The number of anilines is 1. The summed E-state index contributed by atoms with van der Waals surface area (Å²) < 4.78 is 10.4. The van der Waals surface area contributed by atoms with E-state index in [2.05, 4.69) is 25.3 Å². The van der Waals surface area contributed by atoms with Crippen molar-refractivity contribution < 1.29 is 9.15 Å². The minimum atomic E-state index is -0.430. The first kappa shape index (κ1) is 14.2. The van der Waals surface area contributed by atoms with Gasteiger partial charge in [-0.3, -0.25) is 0 Å². The fourth-order valence-corrected chi connectivity index (χ4v) is 2.19. The zero-order chi connectivity index (χ0) is 14.7. The van der Waals surface area contributed by atoms with Crippen LogP contribution >= 0.6 is 0 Å². The van der Waals surface area contributed by atoms with Crippen LogP contribution in [0, 0.1) is 0 Å². The zero-order valence-electron chi connectivity index (χ0n) is 12.1. The van der Waals surface area contributed by atoms with Crippen molar-refractivity contribution in [3.8, 4) is 0 Å².